The lowest BCUT2D eigenvalue weighted by Crippen LogP contribution is -2.26. The number of nitrogens with zero attached hydrogens (tertiary/aromatic N) is 1. The number of hydrogen-bond donors (Lipinski definition) is 1. The van der Waals surface area contributed by atoms with E-state index in [2.05, 4.69) is 4.90 Å². The molecule has 1 saturated heterocycles. The molecular weight excluding hydrogens is 167 g/mol. The Balaban J connectivity index is 2.13. The third-order valence-electron chi connectivity index (χ3n) is 2.42. The van der Waals surface area contributed by atoms with Gasteiger partial charge in [-0.1, -0.05) is 0 Å². The number of halogens is 1. The molecule has 0 amide bonds. The molecule has 13 heavy (non-hydrogen) atoms. The Morgan fingerprint density at radius 1 is 1.31 bits per heavy atom. The second-order valence-electron chi connectivity index (χ2n) is 3.47. The van der Waals surface area contributed by atoms with E-state index in [4.69, 9.17) is 5.73 Å². The Kier molecular flexibility index (Phi) is 2.19. The SMILES string of the molecule is N[C@H]1CCN(c2ccc(F)cc2)C1. The number of benzene rings is 1. The molecule has 2 nitrogen and oxygen atoms in total. The predicted octanol–water partition coefficient (Wildman–Crippen LogP) is 1.36. The maximum absolute atomic E-state index is 12.6. The van der Waals surface area contributed by atoms with Crippen LogP contribution in [0.1, 0.15) is 6.42 Å². The summed E-state index contributed by atoms with van der Waals surface area (Å²) in [6.07, 6.45) is 1.03. The van der Waals surface area contributed by atoms with Gasteiger partial charge < -0.3 is 10.6 Å². The minimum absolute atomic E-state index is 0.188. The molecule has 1 aromatic carbocycles. The van der Waals surface area contributed by atoms with Crippen LogP contribution >= 0.6 is 0 Å². The molecule has 70 valence electrons. The monoisotopic (exact) mass is 180 g/mol. The topological polar surface area (TPSA) is 29.3 Å². The Morgan fingerprint density at radius 3 is 2.54 bits per heavy atom. The summed E-state index contributed by atoms with van der Waals surface area (Å²) in [4.78, 5) is 2.18. The average molecular weight is 180 g/mol. The molecule has 2 N–H and O–H groups in total. The van der Waals surface area contributed by atoms with Crippen molar-refractivity contribution in [2.45, 2.75) is 12.5 Å². The minimum atomic E-state index is -0.188. The number of anilines is 1. The summed E-state index contributed by atoms with van der Waals surface area (Å²) in [7, 11) is 0. The van der Waals surface area contributed by atoms with E-state index in [9.17, 15) is 4.39 Å². The highest BCUT2D eigenvalue weighted by molar-refractivity contribution is 5.47. The van der Waals surface area contributed by atoms with Crippen LogP contribution in [0.25, 0.3) is 0 Å². The van der Waals surface area contributed by atoms with Crippen LogP contribution < -0.4 is 10.6 Å². The van der Waals surface area contributed by atoms with Crippen molar-refractivity contribution < 1.29 is 4.39 Å². The van der Waals surface area contributed by atoms with Crippen molar-refractivity contribution in [1.82, 2.24) is 0 Å². The van der Waals surface area contributed by atoms with Gasteiger partial charge in [-0.15, -0.1) is 0 Å². The summed E-state index contributed by atoms with van der Waals surface area (Å²) >= 11 is 0. The Bertz CT molecular complexity index is 283. The Hall–Kier alpha value is -1.09. The smallest absolute Gasteiger partial charge is 0.123 e. The predicted molar refractivity (Wildman–Crippen MR) is 51.2 cm³/mol. The molecule has 1 atom stereocenters. The van der Waals surface area contributed by atoms with Gasteiger partial charge in [-0.3, -0.25) is 0 Å². The quantitative estimate of drug-likeness (QED) is 0.707. The van der Waals surface area contributed by atoms with Crippen LogP contribution in [0.3, 0.4) is 0 Å². The molecule has 1 fully saturated rings. The van der Waals surface area contributed by atoms with Crippen molar-refractivity contribution in [3.63, 3.8) is 0 Å². The third-order valence-corrected chi connectivity index (χ3v) is 2.42. The van der Waals surface area contributed by atoms with Gasteiger partial charge in [0.05, 0.1) is 0 Å². The molecule has 0 aliphatic carbocycles. The van der Waals surface area contributed by atoms with E-state index >= 15 is 0 Å². The van der Waals surface area contributed by atoms with Gasteiger partial charge in [-0.25, -0.2) is 4.39 Å². The largest absolute Gasteiger partial charge is 0.370 e. The van der Waals surface area contributed by atoms with E-state index < -0.39 is 0 Å². The van der Waals surface area contributed by atoms with Crippen LogP contribution in [0.5, 0.6) is 0 Å². The second kappa shape index (κ2) is 3.34. The van der Waals surface area contributed by atoms with Gasteiger partial charge in [-0.05, 0) is 30.7 Å². The molecule has 0 unspecified atom stereocenters. The summed E-state index contributed by atoms with van der Waals surface area (Å²) in [6, 6.07) is 6.84. The third kappa shape index (κ3) is 1.80. The Labute approximate surface area is 77.2 Å². The van der Waals surface area contributed by atoms with Crippen LogP contribution in [0.15, 0.2) is 24.3 Å². The molecular formula is C10H13FN2. The van der Waals surface area contributed by atoms with Crippen LogP contribution in [0, 0.1) is 5.82 Å². The normalized spacial score (nSPS) is 22.3. The van der Waals surface area contributed by atoms with Crippen molar-refractivity contribution in [2.75, 3.05) is 18.0 Å². The van der Waals surface area contributed by atoms with Crippen LogP contribution in [0.4, 0.5) is 10.1 Å². The van der Waals surface area contributed by atoms with Gasteiger partial charge >= 0.3 is 0 Å². The first-order valence-electron chi connectivity index (χ1n) is 4.52. The van der Waals surface area contributed by atoms with E-state index in [1.54, 1.807) is 12.1 Å². The standard InChI is InChI=1S/C10H13FN2/c11-8-1-3-10(4-2-8)13-6-5-9(12)7-13/h1-4,9H,5-7,12H2/t9-/m0/s1. The Morgan fingerprint density at radius 2 is 2.00 bits per heavy atom. The summed E-state index contributed by atoms with van der Waals surface area (Å²) in [6.45, 7) is 1.86. The zero-order chi connectivity index (χ0) is 9.26. The van der Waals surface area contributed by atoms with Gasteiger partial charge in [0.15, 0.2) is 0 Å². The average Bonchev–Trinajstić information content (AvgIpc) is 2.53. The number of nitrogens with two attached hydrogens (primary N) is 1. The molecule has 0 saturated carbocycles. The highest BCUT2D eigenvalue weighted by atomic mass is 19.1. The van der Waals surface area contributed by atoms with Crippen LogP contribution in [-0.4, -0.2) is 19.1 Å². The maximum Gasteiger partial charge on any atom is 0.123 e. The molecule has 2 rings (SSSR count). The van der Waals surface area contributed by atoms with Gasteiger partial charge in [0, 0.05) is 24.8 Å². The lowest BCUT2D eigenvalue weighted by Gasteiger charge is -2.17. The van der Waals surface area contributed by atoms with E-state index in [1.807, 2.05) is 0 Å². The zero-order valence-electron chi connectivity index (χ0n) is 7.41. The molecule has 0 radical (unpaired) electrons. The first-order valence-corrected chi connectivity index (χ1v) is 4.52. The minimum Gasteiger partial charge on any atom is -0.370 e. The summed E-state index contributed by atoms with van der Waals surface area (Å²) in [5, 5.41) is 0. The molecule has 1 heterocycles. The van der Waals surface area contributed by atoms with Gasteiger partial charge in [0.2, 0.25) is 0 Å². The van der Waals surface area contributed by atoms with Gasteiger partial charge in [0.25, 0.3) is 0 Å². The fourth-order valence-electron chi connectivity index (χ4n) is 1.67. The molecule has 0 bridgehead atoms. The van der Waals surface area contributed by atoms with Crippen molar-refractivity contribution >= 4 is 5.69 Å². The zero-order valence-corrected chi connectivity index (χ0v) is 7.41. The lowest BCUT2D eigenvalue weighted by atomic mass is 10.3. The lowest BCUT2D eigenvalue weighted by molar-refractivity contribution is 0.627. The maximum atomic E-state index is 12.6. The summed E-state index contributed by atoms with van der Waals surface area (Å²) < 4.78 is 12.6. The fraction of sp³-hybridized carbons (Fsp3) is 0.400. The first-order chi connectivity index (χ1) is 6.25. The summed E-state index contributed by atoms with van der Waals surface area (Å²) in [5.74, 6) is -0.188. The molecule has 0 aromatic heterocycles. The molecule has 3 heteroatoms. The highest BCUT2D eigenvalue weighted by Gasteiger charge is 2.18. The fourth-order valence-corrected chi connectivity index (χ4v) is 1.67. The van der Waals surface area contributed by atoms with Crippen molar-refractivity contribution in [3.05, 3.63) is 30.1 Å². The highest BCUT2D eigenvalue weighted by Crippen LogP contribution is 2.19. The molecule has 1 aromatic rings. The van der Waals surface area contributed by atoms with Gasteiger partial charge in [0.1, 0.15) is 5.82 Å². The van der Waals surface area contributed by atoms with Crippen LogP contribution in [-0.2, 0) is 0 Å². The van der Waals surface area contributed by atoms with E-state index in [0.717, 1.165) is 25.2 Å². The van der Waals surface area contributed by atoms with E-state index in [1.165, 1.54) is 12.1 Å². The summed E-state index contributed by atoms with van der Waals surface area (Å²) in [5.41, 5.74) is 6.84. The molecule has 0 spiro atoms. The molecule has 1 aliphatic heterocycles. The molecule has 1 aliphatic rings. The van der Waals surface area contributed by atoms with Crippen LogP contribution in [0.2, 0.25) is 0 Å². The van der Waals surface area contributed by atoms with Crippen molar-refractivity contribution in [2.24, 2.45) is 5.73 Å². The van der Waals surface area contributed by atoms with Crippen molar-refractivity contribution in [1.29, 1.82) is 0 Å². The van der Waals surface area contributed by atoms with E-state index in [-0.39, 0.29) is 11.9 Å². The van der Waals surface area contributed by atoms with Crippen molar-refractivity contribution in [3.8, 4) is 0 Å². The van der Waals surface area contributed by atoms with Gasteiger partial charge in [-0.2, -0.15) is 0 Å². The van der Waals surface area contributed by atoms with E-state index in [0.29, 0.717) is 0 Å². The first kappa shape index (κ1) is 8.51. The second-order valence-corrected chi connectivity index (χ2v) is 3.47. The number of hydrogen-bond acceptors (Lipinski definition) is 2. The number of rotatable bonds is 1.